The van der Waals surface area contributed by atoms with E-state index in [9.17, 15) is 31.2 Å². The molecule has 0 atom stereocenters. The standard InChI is InChI=1S/C31H32O10S2/c1-23(2)29(32)41-28-15-13-24(14-16-28)27(21-42(35,36)19-17-39-30(33)25-9-5-3-6-10-25)22-43(37,38)20-18-40-31(34)26-11-7-4-8-12-26/h3-16,27H,1,17-22H2,2H3. The van der Waals surface area contributed by atoms with Crippen molar-refractivity contribution < 1.29 is 45.4 Å². The molecule has 3 rings (SSSR count). The zero-order valence-electron chi connectivity index (χ0n) is 23.5. The van der Waals surface area contributed by atoms with E-state index in [1.54, 1.807) is 36.4 Å². The molecule has 0 aliphatic carbocycles. The summed E-state index contributed by atoms with van der Waals surface area (Å²) in [5.41, 5.74) is 1.08. The predicted octanol–water partition coefficient (Wildman–Crippen LogP) is 3.80. The van der Waals surface area contributed by atoms with Crippen LogP contribution in [0.2, 0.25) is 0 Å². The molecule has 0 unspecified atom stereocenters. The number of esters is 3. The first kappa shape index (κ1) is 33.2. The molecular formula is C31H32O10S2. The summed E-state index contributed by atoms with van der Waals surface area (Å²) in [4.78, 5) is 36.2. The Labute approximate surface area is 251 Å². The van der Waals surface area contributed by atoms with E-state index in [2.05, 4.69) is 6.58 Å². The van der Waals surface area contributed by atoms with Crippen LogP contribution in [0.1, 0.15) is 39.1 Å². The highest BCUT2D eigenvalue weighted by atomic mass is 32.2. The quantitative estimate of drug-likeness (QED) is 0.138. The van der Waals surface area contributed by atoms with Crippen molar-refractivity contribution in [3.8, 4) is 5.75 Å². The van der Waals surface area contributed by atoms with Crippen LogP contribution in [-0.4, -0.2) is 71.0 Å². The van der Waals surface area contributed by atoms with E-state index in [-0.39, 0.29) is 22.4 Å². The maximum atomic E-state index is 13.0. The van der Waals surface area contributed by atoms with Crippen molar-refractivity contribution in [3.05, 3.63) is 114 Å². The second-order valence-electron chi connectivity index (χ2n) is 9.67. The average Bonchev–Trinajstić information content (AvgIpc) is 2.97. The Morgan fingerprint density at radius 3 is 1.49 bits per heavy atom. The van der Waals surface area contributed by atoms with Gasteiger partial charge in [0.25, 0.3) is 0 Å². The van der Waals surface area contributed by atoms with E-state index in [1.807, 2.05) is 0 Å². The summed E-state index contributed by atoms with van der Waals surface area (Å²) in [7, 11) is -7.83. The largest absolute Gasteiger partial charge is 0.461 e. The minimum absolute atomic E-state index is 0.168. The summed E-state index contributed by atoms with van der Waals surface area (Å²) < 4.78 is 67.5. The van der Waals surface area contributed by atoms with E-state index >= 15 is 0 Å². The first-order valence-electron chi connectivity index (χ1n) is 13.2. The first-order valence-corrected chi connectivity index (χ1v) is 16.8. The molecule has 10 nitrogen and oxygen atoms in total. The fourth-order valence-corrected chi connectivity index (χ4v) is 6.86. The van der Waals surface area contributed by atoms with Gasteiger partial charge in [0, 0.05) is 11.5 Å². The van der Waals surface area contributed by atoms with Crippen LogP contribution in [0.15, 0.2) is 97.1 Å². The van der Waals surface area contributed by atoms with Gasteiger partial charge in [-0.1, -0.05) is 55.1 Å². The SMILES string of the molecule is C=C(C)C(=O)Oc1ccc(C(CS(=O)(=O)CCOC(=O)c2ccccc2)CS(=O)(=O)CCOC(=O)c2ccccc2)cc1. The van der Waals surface area contributed by atoms with Crippen molar-refractivity contribution in [1.82, 2.24) is 0 Å². The van der Waals surface area contributed by atoms with Crippen molar-refractivity contribution in [2.75, 3.05) is 36.2 Å². The number of carbonyl (C=O) groups excluding carboxylic acids is 3. The van der Waals surface area contributed by atoms with Gasteiger partial charge in [-0.25, -0.2) is 31.2 Å². The Bertz CT molecular complexity index is 1540. The van der Waals surface area contributed by atoms with Gasteiger partial charge in [0.05, 0.1) is 34.1 Å². The summed E-state index contributed by atoms with van der Waals surface area (Å²) in [6.45, 7) is 4.16. The molecule has 228 valence electrons. The molecule has 0 saturated carbocycles. The molecular weight excluding hydrogens is 596 g/mol. The Hall–Kier alpha value is -4.29. The van der Waals surface area contributed by atoms with Gasteiger partial charge < -0.3 is 14.2 Å². The van der Waals surface area contributed by atoms with Crippen molar-refractivity contribution >= 4 is 37.6 Å². The van der Waals surface area contributed by atoms with Crippen molar-refractivity contribution in [2.45, 2.75) is 12.8 Å². The van der Waals surface area contributed by atoms with Gasteiger partial charge in [0.2, 0.25) is 0 Å². The maximum absolute atomic E-state index is 13.0. The van der Waals surface area contributed by atoms with Crippen molar-refractivity contribution in [1.29, 1.82) is 0 Å². The summed E-state index contributed by atoms with van der Waals surface area (Å²) >= 11 is 0. The zero-order valence-corrected chi connectivity index (χ0v) is 25.1. The highest BCUT2D eigenvalue weighted by molar-refractivity contribution is 7.92. The van der Waals surface area contributed by atoms with E-state index in [0.29, 0.717) is 5.56 Å². The maximum Gasteiger partial charge on any atom is 0.338 e. The number of carbonyl (C=O) groups is 3. The van der Waals surface area contributed by atoms with Gasteiger partial charge in [0.15, 0.2) is 19.7 Å². The Morgan fingerprint density at radius 2 is 1.09 bits per heavy atom. The second kappa shape index (κ2) is 15.3. The minimum atomic E-state index is -3.91. The van der Waals surface area contributed by atoms with E-state index in [1.165, 1.54) is 55.5 Å². The highest BCUT2D eigenvalue weighted by Gasteiger charge is 2.27. The average molecular weight is 629 g/mol. The molecule has 0 fully saturated rings. The Morgan fingerprint density at radius 1 is 0.674 bits per heavy atom. The molecule has 0 amide bonds. The third-order valence-corrected chi connectivity index (χ3v) is 9.49. The van der Waals surface area contributed by atoms with Crippen LogP contribution in [0.5, 0.6) is 5.75 Å². The van der Waals surface area contributed by atoms with Gasteiger partial charge in [-0.2, -0.15) is 0 Å². The number of ether oxygens (including phenoxy) is 3. The summed E-state index contributed by atoms with van der Waals surface area (Å²) in [5.74, 6) is -5.04. The third kappa shape index (κ3) is 11.1. The summed E-state index contributed by atoms with van der Waals surface area (Å²) in [6, 6.07) is 22.0. The van der Waals surface area contributed by atoms with Crippen LogP contribution in [0.4, 0.5) is 0 Å². The van der Waals surface area contributed by atoms with E-state index in [0.717, 1.165) is 0 Å². The fraction of sp³-hybridized carbons (Fsp3) is 0.258. The number of rotatable bonds is 15. The Kier molecular flexibility index (Phi) is 11.8. The van der Waals surface area contributed by atoms with Gasteiger partial charge in [-0.05, 0) is 48.9 Å². The van der Waals surface area contributed by atoms with Gasteiger partial charge in [-0.3, -0.25) is 0 Å². The van der Waals surface area contributed by atoms with E-state index < -0.39 is 79.7 Å². The van der Waals surface area contributed by atoms with Gasteiger partial charge in [-0.15, -0.1) is 0 Å². The minimum Gasteiger partial charge on any atom is -0.461 e. The fourth-order valence-electron chi connectivity index (χ4n) is 3.86. The molecule has 0 aliphatic heterocycles. The summed E-state index contributed by atoms with van der Waals surface area (Å²) in [5, 5.41) is 0. The summed E-state index contributed by atoms with van der Waals surface area (Å²) in [6.07, 6.45) is 0. The molecule has 0 bridgehead atoms. The molecule has 0 aliphatic rings. The van der Waals surface area contributed by atoms with Crippen molar-refractivity contribution in [2.24, 2.45) is 0 Å². The first-order chi connectivity index (χ1) is 20.3. The van der Waals surface area contributed by atoms with Crippen LogP contribution in [-0.2, 0) is 33.9 Å². The molecule has 3 aromatic carbocycles. The van der Waals surface area contributed by atoms with Gasteiger partial charge >= 0.3 is 17.9 Å². The topological polar surface area (TPSA) is 147 Å². The predicted molar refractivity (Wildman–Crippen MR) is 160 cm³/mol. The van der Waals surface area contributed by atoms with Crippen LogP contribution in [0.3, 0.4) is 0 Å². The normalized spacial score (nSPS) is 11.5. The van der Waals surface area contributed by atoms with Crippen LogP contribution < -0.4 is 4.74 Å². The number of benzene rings is 3. The lowest BCUT2D eigenvalue weighted by Crippen LogP contribution is -2.28. The lowest BCUT2D eigenvalue weighted by atomic mass is 10.0. The molecule has 0 N–H and O–H groups in total. The monoisotopic (exact) mass is 628 g/mol. The highest BCUT2D eigenvalue weighted by Crippen LogP contribution is 2.24. The number of hydrogen-bond donors (Lipinski definition) is 0. The lowest BCUT2D eigenvalue weighted by molar-refractivity contribution is -0.130. The smallest absolute Gasteiger partial charge is 0.338 e. The van der Waals surface area contributed by atoms with Crippen LogP contribution in [0.25, 0.3) is 0 Å². The molecule has 43 heavy (non-hydrogen) atoms. The zero-order chi connectivity index (χ0) is 31.5. The van der Waals surface area contributed by atoms with Crippen LogP contribution in [0, 0.1) is 0 Å². The molecule has 0 aromatic heterocycles. The number of hydrogen-bond acceptors (Lipinski definition) is 10. The van der Waals surface area contributed by atoms with Gasteiger partial charge in [0.1, 0.15) is 19.0 Å². The van der Waals surface area contributed by atoms with Crippen LogP contribution >= 0.6 is 0 Å². The number of sulfone groups is 2. The molecule has 0 heterocycles. The second-order valence-corrected chi connectivity index (χ2v) is 14.1. The third-order valence-electron chi connectivity index (χ3n) is 6.09. The molecule has 0 spiro atoms. The van der Waals surface area contributed by atoms with E-state index in [4.69, 9.17) is 14.2 Å². The molecule has 0 radical (unpaired) electrons. The molecule has 3 aromatic rings. The molecule has 0 saturated heterocycles. The van der Waals surface area contributed by atoms with Crippen molar-refractivity contribution in [3.63, 3.8) is 0 Å². The lowest BCUT2D eigenvalue weighted by Gasteiger charge is -2.18. The molecule has 12 heteroatoms. The Balaban J connectivity index is 1.70.